The van der Waals surface area contributed by atoms with Crippen molar-refractivity contribution in [3.8, 4) is 11.5 Å². The molecule has 0 fully saturated rings. The topological polar surface area (TPSA) is 116 Å². The summed E-state index contributed by atoms with van der Waals surface area (Å²) in [6.07, 6.45) is 0.675. The molecule has 0 saturated carbocycles. The number of aliphatic carboxylic acids is 1. The van der Waals surface area contributed by atoms with E-state index in [1.165, 1.54) is 25.3 Å². The minimum atomic E-state index is -1.17. The molecule has 4 N–H and O–H groups in total. The third-order valence-corrected chi connectivity index (χ3v) is 2.70. The summed E-state index contributed by atoms with van der Waals surface area (Å²) in [6, 6.07) is 2.81. The number of hydrogen-bond acceptors (Lipinski definition) is 5. The fourth-order valence-electron chi connectivity index (χ4n) is 1.64. The van der Waals surface area contributed by atoms with Gasteiger partial charge in [0.2, 0.25) is 0 Å². The molecule has 20 heavy (non-hydrogen) atoms. The second kappa shape index (κ2) is 7.34. The molecule has 1 aromatic carbocycles. The van der Waals surface area contributed by atoms with E-state index in [2.05, 4.69) is 5.32 Å². The number of amides is 1. The fourth-order valence-corrected chi connectivity index (χ4v) is 1.64. The first-order valence-corrected chi connectivity index (χ1v) is 6.01. The van der Waals surface area contributed by atoms with Crippen molar-refractivity contribution in [3.05, 3.63) is 23.8 Å². The van der Waals surface area contributed by atoms with Crippen LogP contribution in [0.5, 0.6) is 11.5 Å². The highest BCUT2D eigenvalue weighted by Gasteiger charge is 2.22. The smallest absolute Gasteiger partial charge is 0.326 e. The van der Waals surface area contributed by atoms with Gasteiger partial charge in [-0.3, -0.25) is 4.79 Å². The predicted octanol–water partition coefficient (Wildman–Crippen LogP) is 0.707. The van der Waals surface area contributed by atoms with Gasteiger partial charge in [0, 0.05) is 13.7 Å². The molecule has 0 spiro atoms. The zero-order valence-electron chi connectivity index (χ0n) is 11.0. The van der Waals surface area contributed by atoms with Crippen molar-refractivity contribution in [2.24, 2.45) is 0 Å². The number of carboxylic acids is 1. The molecule has 1 atom stereocenters. The second-order valence-corrected chi connectivity index (χ2v) is 4.17. The van der Waals surface area contributed by atoms with Gasteiger partial charge in [0.05, 0.1) is 5.56 Å². The summed E-state index contributed by atoms with van der Waals surface area (Å²) in [5.74, 6) is -2.95. The Morgan fingerprint density at radius 2 is 2.05 bits per heavy atom. The number of methoxy groups -OCH3 is 1. The Kier molecular flexibility index (Phi) is 5.79. The zero-order valence-corrected chi connectivity index (χ0v) is 11.0. The number of carbonyl (C=O) groups is 2. The van der Waals surface area contributed by atoms with Gasteiger partial charge in [0.15, 0.2) is 11.5 Å². The van der Waals surface area contributed by atoms with E-state index in [-0.39, 0.29) is 12.0 Å². The Morgan fingerprint density at radius 1 is 1.35 bits per heavy atom. The molecular weight excluding hydrogens is 266 g/mol. The molecule has 0 saturated heterocycles. The third kappa shape index (κ3) is 4.13. The molecular formula is C13H17NO6. The largest absolute Gasteiger partial charge is 0.504 e. The summed E-state index contributed by atoms with van der Waals surface area (Å²) in [5.41, 5.74) is -0.178. The number of ether oxygens (including phenoxy) is 1. The molecule has 7 nitrogen and oxygen atoms in total. The van der Waals surface area contributed by atoms with E-state index in [9.17, 15) is 19.8 Å². The Morgan fingerprint density at radius 3 is 2.65 bits per heavy atom. The number of rotatable bonds is 7. The van der Waals surface area contributed by atoms with Crippen molar-refractivity contribution in [2.75, 3.05) is 13.7 Å². The number of hydrogen-bond donors (Lipinski definition) is 4. The minimum Gasteiger partial charge on any atom is -0.504 e. The quantitative estimate of drug-likeness (QED) is 0.432. The lowest BCUT2D eigenvalue weighted by atomic mass is 10.1. The van der Waals surface area contributed by atoms with Gasteiger partial charge in [-0.2, -0.15) is 0 Å². The van der Waals surface area contributed by atoms with Crippen molar-refractivity contribution >= 4 is 11.9 Å². The Hall–Kier alpha value is -2.28. The SMILES string of the molecule is COCCCC(NC(=O)c1cccc(O)c1O)C(=O)O. The standard InChI is InChI=1S/C13H17NO6/c1-20-7-3-5-9(13(18)19)14-12(17)8-4-2-6-10(15)11(8)16/h2,4,6,9,15-16H,3,5,7H2,1H3,(H,14,17)(H,18,19). The Labute approximate surface area is 115 Å². The van der Waals surface area contributed by atoms with Gasteiger partial charge in [-0.25, -0.2) is 4.79 Å². The van der Waals surface area contributed by atoms with Crippen LogP contribution in [-0.2, 0) is 9.53 Å². The van der Waals surface area contributed by atoms with Crippen LogP contribution in [0.4, 0.5) is 0 Å². The van der Waals surface area contributed by atoms with Crippen molar-refractivity contribution in [2.45, 2.75) is 18.9 Å². The van der Waals surface area contributed by atoms with Crippen LogP contribution in [0.1, 0.15) is 23.2 Å². The van der Waals surface area contributed by atoms with Gasteiger partial charge in [-0.05, 0) is 25.0 Å². The maximum Gasteiger partial charge on any atom is 0.326 e. The van der Waals surface area contributed by atoms with E-state index in [0.29, 0.717) is 13.0 Å². The second-order valence-electron chi connectivity index (χ2n) is 4.17. The molecule has 0 aromatic heterocycles. The molecule has 110 valence electrons. The lowest BCUT2D eigenvalue weighted by Crippen LogP contribution is -2.40. The summed E-state index contributed by atoms with van der Waals surface area (Å²) < 4.78 is 4.82. The zero-order chi connectivity index (χ0) is 15.1. The maximum absolute atomic E-state index is 11.9. The summed E-state index contributed by atoms with van der Waals surface area (Å²) in [4.78, 5) is 22.9. The summed E-state index contributed by atoms with van der Waals surface area (Å²) in [5, 5.41) is 30.2. The average molecular weight is 283 g/mol. The molecule has 0 bridgehead atoms. The van der Waals surface area contributed by atoms with Crippen molar-refractivity contribution in [1.29, 1.82) is 0 Å². The van der Waals surface area contributed by atoms with Crippen LogP contribution in [0.2, 0.25) is 0 Å². The van der Waals surface area contributed by atoms with Gasteiger partial charge < -0.3 is 25.4 Å². The van der Waals surface area contributed by atoms with Gasteiger partial charge in [0.25, 0.3) is 5.91 Å². The third-order valence-electron chi connectivity index (χ3n) is 2.70. The molecule has 0 aliphatic carbocycles. The normalized spacial score (nSPS) is 11.8. The highest BCUT2D eigenvalue weighted by Crippen LogP contribution is 2.28. The molecule has 7 heteroatoms. The number of benzene rings is 1. The maximum atomic E-state index is 11.9. The first-order valence-electron chi connectivity index (χ1n) is 6.01. The van der Waals surface area contributed by atoms with Crippen LogP contribution in [-0.4, -0.2) is 47.0 Å². The number of aromatic hydroxyl groups is 2. The summed E-state index contributed by atoms with van der Waals surface area (Å²) >= 11 is 0. The first kappa shape index (κ1) is 15.8. The van der Waals surface area contributed by atoms with Crippen LogP contribution >= 0.6 is 0 Å². The van der Waals surface area contributed by atoms with E-state index in [0.717, 1.165) is 0 Å². The predicted molar refractivity (Wildman–Crippen MR) is 69.8 cm³/mol. The van der Waals surface area contributed by atoms with Crippen molar-refractivity contribution in [3.63, 3.8) is 0 Å². The number of para-hydroxylation sites is 1. The minimum absolute atomic E-state index is 0.178. The average Bonchev–Trinajstić information content (AvgIpc) is 2.40. The van der Waals surface area contributed by atoms with Gasteiger partial charge >= 0.3 is 5.97 Å². The lowest BCUT2D eigenvalue weighted by Gasteiger charge is -2.15. The Bertz CT molecular complexity index is 488. The summed E-state index contributed by atoms with van der Waals surface area (Å²) in [6.45, 7) is 0.386. The Balaban J connectivity index is 2.75. The van der Waals surface area contributed by atoms with Crippen LogP contribution in [0.3, 0.4) is 0 Å². The van der Waals surface area contributed by atoms with Gasteiger partial charge in [0.1, 0.15) is 6.04 Å². The number of phenolic OH excluding ortho intramolecular Hbond substituents is 2. The monoisotopic (exact) mass is 283 g/mol. The molecule has 1 rings (SSSR count). The van der Waals surface area contributed by atoms with Crippen LogP contribution in [0.15, 0.2) is 18.2 Å². The number of nitrogens with one attached hydrogen (secondary N) is 1. The van der Waals surface area contributed by atoms with E-state index >= 15 is 0 Å². The molecule has 0 radical (unpaired) electrons. The first-order chi connectivity index (χ1) is 9.47. The lowest BCUT2D eigenvalue weighted by molar-refractivity contribution is -0.139. The molecule has 0 aliphatic rings. The van der Waals surface area contributed by atoms with Crippen LogP contribution in [0.25, 0.3) is 0 Å². The molecule has 1 aromatic rings. The highest BCUT2D eigenvalue weighted by molar-refractivity contribution is 5.99. The van der Waals surface area contributed by atoms with Crippen LogP contribution in [0, 0.1) is 0 Å². The van der Waals surface area contributed by atoms with Crippen molar-refractivity contribution in [1.82, 2.24) is 5.32 Å². The molecule has 1 amide bonds. The van der Waals surface area contributed by atoms with Crippen LogP contribution < -0.4 is 5.32 Å². The van der Waals surface area contributed by atoms with E-state index in [1.54, 1.807) is 0 Å². The molecule has 0 aliphatic heterocycles. The number of carbonyl (C=O) groups excluding carboxylic acids is 1. The highest BCUT2D eigenvalue weighted by atomic mass is 16.5. The van der Waals surface area contributed by atoms with E-state index in [4.69, 9.17) is 9.84 Å². The van der Waals surface area contributed by atoms with Crippen molar-refractivity contribution < 1.29 is 29.6 Å². The number of carboxylic acid groups (broad SMARTS) is 1. The van der Waals surface area contributed by atoms with Gasteiger partial charge in [-0.15, -0.1) is 0 Å². The van der Waals surface area contributed by atoms with Gasteiger partial charge in [-0.1, -0.05) is 6.07 Å². The van der Waals surface area contributed by atoms with E-state index in [1.807, 2.05) is 0 Å². The summed E-state index contributed by atoms with van der Waals surface area (Å²) in [7, 11) is 1.50. The molecule has 0 heterocycles. The van der Waals surface area contributed by atoms with E-state index < -0.39 is 29.4 Å². The number of phenols is 2. The fraction of sp³-hybridized carbons (Fsp3) is 0.385. The molecule has 1 unspecified atom stereocenters.